The zero-order valence-electron chi connectivity index (χ0n) is 18.5. The van der Waals surface area contributed by atoms with Crippen molar-refractivity contribution in [3.63, 3.8) is 0 Å². The van der Waals surface area contributed by atoms with E-state index in [-0.39, 0.29) is 12.5 Å². The predicted molar refractivity (Wildman–Crippen MR) is 136 cm³/mol. The molecule has 4 aromatic rings. The number of oxazole rings is 1. The molecule has 1 aliphatic carbocycles. The van der Waals surface area contributed by atoms with Gasteiger partial charge in [-0.05, 0) is 72.9 Å². The maximum Gasteiger partial charge on any atom is 0.262 e. The molecule has 1 fully saturated rings. The van der Waals surface area contributed by atoms with Crippen molar-refractivity contribution in [3.05, 3.63) is 76.3 Å². The van der Waals surface area contributed by atoms with Crippen LogP contribution < -0.4 is 10.1 Å². The first kappa shape index (κ1) is 22.8. The normalized spacial score (nSPS) is 14.3. The van der Waals surface area contributed by atoms with E-state index in [1.54, 1.807) is 36.4 Å². The van der Waals surface area contributed by atoms with Crippen LogP contribution in [0.15, 0.2) is 65.1 Å². The van der Waals surface area contributed by atoms with E-state index >= 15 is 0 Å². The van der Waals surface area contributed by atoms with Crippen molar-refractivity contribution in [1.82, 2.24) is 4.98 Å². The van der Waals surface area contributed by atoms with Gasteiger partial charge in [-0.15, -0.1) is 0 Å². The molecule has 5 nitrogen and oxygen atoms in total. The lowest BCUT2D eigenvalue weighted by Gasteiger charge is -2.22. The molecule has 1 N–H and O–H groups in total. The first-order chi connectivity index (χ1) is 16.5. The minimum Gasteiger partial charge on any atom is -0.484 e. The van der Waals surface area contributed by atoms with Gasteiger partial charge in [-0.2, -0.15) is 0 Å². The van der Waals surface area contributed by atoms with Gasteiger partial charge in [0.25, 0.3) is 5.91 Å². The molecular weight excluding hydrogens is 471 g/mol. The molecule has 0 spiro atoms. The first-order valence-electron chi connectivity index (χ1n) is 11.4. The van der Waals surface area contributed by atoms with Crippen LogP contribution in [0.5, 0.6) is 5.75 Å². The van der Waals surface area contributed by atoms with Crippen molar-refractivity contribution >= 4 is 45.9 Å². The van der Waals surface area contributed by atoms with Crippen LogP contribution in [0.25, 0.3) is 22.6 Å². The van der Waals surface area contributed by atoms with Gasteiger partial charge in [0.2, 0.25) is 5.89 Å². The molecule has 1 amide bonds. The Hall–Kier alpha value is -3.02. The molecule has 1 aromatic heterocycles. The molecule has 0 radical (unpaired) electrons. The Bertz CT molecular complexity index is 1310. The van der Waals surface area contributed by atoms with Crippen molar-refractivity contribution in [2.24, 2.45) is 0 Å². The van der Waals surface area contributed by atoms with Gasteiger partial charge < -0.3 is 14.5 Å². The van der Waals surface area contributed by atoms with Gasteiger partial charge in [-0.3, -0.25) is 4.79 Å². The number of carbonyl (C=O) groups is 1. The molecule has 174 valence electrons. The third-order valence-electron chi connectivity index (χ3n) is 6.16. The van der Waals surface area contributed by atoms with Crippen LogP contribution in [0.2, 0.25) is 10.0 Å². The highest BCUT2D eigenvalue weighted by Crippen LogP contribution is 2.34. The van der Waals surface area contributed by atoms with Gasteiger partial charge in [0.05, 0.1) is 10.6 Å². The number of aromatic nitrogens is 1. The summed E-state index contributed by atoms with van der Waals surface area (Å²) in [6, 6.07) is 18.5. The summed E-state index contributed by atoms with van der Waals surface area (Å²) in [4.78, 5) is 17.0. The third-order valence-corrected chi connectivity index (χ3v) is 6.72. The number of nitrogens with zero attached hydrogens (tertiary/aromatic N) is 1. The number of amides is 1. The Morgan fingerprint density at radius 3 is 2.59 bits per heavy atom. The van der Waals surface area contributed by atoms with Crippen molar-refractivity contribution < 1.29 is 13.9 Å². The van der Waals surface area contributed by atoms with Gasteiger partial charge in [0.15, 0.2) is 12.2 Å². The molecule has 0 atom stereocenters. The molecule has 34 heavy (non-hydrogen) atoms. The predicted octanol–water partition coefficient (Wildman–Crippen LogP) is 7.87. The quantitative estimate of drug-likeness (QED) is 0.296. The highest BCUT2D eigenvalue weighted by molar-refractivity contribution is 6.33. The number of rotatable bonds is 6. The second-order valence-electron chi connectivity index (χ2n) is 8.57. The van der Waals surface area contributed by atoms with E-state index in [1.807, 2.05) is 12.1 Å². The molecule has 5 rings (SSSR count). The second kappa shape index (κ2) is 10.1. The molecule has 0 bridgehead atoms. The summed E-state index contributed by atoms with van der Waals surface area (Å²) in [6.45, 7) is -0.0951. The second-order valence-corrected chi connectivity index (χ2v) is 9.41. The number of carbonyl (C=O) groups excluding carboxylic acids is 1. The van der Waals surface area contributed by atoms with Crippen LogP contribution in [-0.4, -0.2) is 17.5 Å². The number of ether oxygens (including phenoxy) is 1. The van der Waals surface area contributed by atoms with Crippen LogP contribution in [0.1, 0.15) is 43.6 Å². The highest BCUT2D eigenvalue weighted by Gasteiger charge is 2.16. The standard InChI is InChI=1S/C27H24Cl2N2O3/c28-19-8-13-25-24(14-19)31-27(34-25)22-15-20(9-12-23(22)29)30-26(32)16-33-21-10-6-18(7-11-21)17-4-2-1-3-5-17/h6-15,17H,1-5,16H2,(H,30,32). The number of halogens is 2. The van der Waals surface area contributed by atoms with Crippen molar-refractivity contribution in [3.8, 4) is 17.2 Å². The highest BCUT2D eigenvalue weighted by atomic mass is 35.5. The molecule has 0 saturated heterocycles. The Labute approximate surface area is 208 Å². The fourth-order valence-corrected chi connectivity index (χ4v) is 4.77. The maximum absolute atomic E-state index is 12.5. The zero-order chi connectivity index (χ0) is 23.5. The SMILES string of the molecule is O=C(COc1ccc(C2CCCCC2)cc1)Nc1ccc(Cl)c(-c2nc3cc(Cl)ccc3o2)c1. The molecule has 0 aliphatic heterocycles. The summed E-state index contributed by atoms with van der Waals surface area (Å²) in [6.07, 6.45) is 6.45. The molecule has 3 aromatic carbocycles. The van der Waals surface area contributed by atoms with E-state index in [0.717, 1.165) is 0 Å². The van der Waals surface area contributed by atoms with Crippen LogP contribution in [0, 0.1) is 0 Å². The van der Waals surface area contributed by atoms with Gasteiger partial charge >= 0.3 is 0 Å². The van der Waals surface area contributed by atoms with Gasteiger partial charge in [-0.1, -0.05) is 54.6 Å². The van der Waals surface area contributed by atoms with Crippen LogP contribution >= 0.6 is 23.2 Å². The Balaban J connectivity index is 1.22. The maximum atomic E-state index is 12.5. The Morgan fingerprint density at radius 2 is 1.79 bits per heavy atom. The first-order valence-corrected chi connectivity index (χ1v) is 12.2. The molecule has 1 heterocycles. The monoisotopic (exact) mass is 494 g/mol. The summed E-state index contributed by atoms with van der Waals surface area (Å²) in [5, 5.41) is 3.88. The van der Waals surface area contributed by atoms with Gasteiger partial charge in [0.1, 0.15) is 11.3 Å². The number of fused-ring (bicyclic) bond motifs is 1. The van der Waals surface area contributed by atoms with Crippen LogP contribution in [-0.2, 0) is 4.79 Å². The fourth-order valence-electron chi connectivity index (χ4n) is 4.40. The third kappa shape index (κ3) is 5.21. The summed E-state index contributed by atoms with van der Waals surface area (Å²) in [5.74, 6) is 1.40. The average Bonchev–Trinajstić information content (AvgIpc) is 3.28. The molecule has 0 unspecified atom stereocenters. The number of anilines is 1. The largest absolute Gasteiger partial charge is 0.484 e. The minimum atomic E-state index is -0.269. The lowest BCUT2D eigenvalue weighted by molar-refractivity contribution is -0.118. The zero-order valence-corrected chi connectivity index (χ0v) is 20.0. The fraction of sp³-hybridized carbons (Fsp3) is 0.259. The van der Waals surface area contributed by atoms with Crippen LogP contribution in [0.3, 0.4) is 0 Å². The van der Waals surface area contributed by atoms with E-state index in [9.17, 15) is 4.79 Å². The number of nitrogens with one attached hydrogen (secondary N) is 1. The number of benzene rings is 3. The summed E-state index contributed by atoms with van der Waals surface area (Å²) < 4.78 is 11.5. The van der Waals surface area contributed by atoms with Crippen molar-refractivity contribution in [2.75, 3.05) is 11.9 Å². The van der Waals surface area contributed by atoms with Crippen molar-refractivity contribution in [2.45, 2.75) is 38.0 Å². The minimum absolute atomic E-state index is 0.0951. The number of hydrogen-bond donors (Lipinski definition) is 1. The van der Waals surface area contributed by atoms with Crippen molar-refractivity contribution in [1.29, 1.82) is 0 Å². The van der Waals surface area contributed by atoms with E-state index in [0.29, 0.717) is 50.0 Å². The summed E-state index contributed by atoms with van der Waals surface area (Å²) in [5.41, 5.74) is 3.74. The Morgan fingerprint density at radius 1 is 1.00 bits per heavy atom. The summed E-state index contributed by atoms with van der Waals surface area (Å²) in [7, 11) is 0. The van der Waals surface area contributed by atoms with E-state index in [4.69, 9.17) is 32.4 Å². The summed E-state index contributed by atoms with van der Waals surface area (Å²) >= 11 is 12.4. The smallest absolute Gasteiger partial charge is 0.262 e. The average molecular weight is 495 g/mol. The van der Waals surface area contributed by atoms with E-state index in [2.05, 4.69) is 22.4 Å². The topological polar surface area (TPSA) is 64.4 Å². The van der Waals surface area contributed by atoms with Crippen LogP contribution in [0.4, 0.5) is 5.69 Å². The molecular formula is C27H24Cl2N2O3. The van der Waals surface area contributed by atoms with Gasteiger partial charge in [-0.25, -0.2) is 4.98 Å². The molecule has 1 aliphatic rings. The molecule has 7 heteroatoms. The lowest BCUT2D eigenvalue weighted by Crippen LogP contribution is -2.20. The van der Waals surface area contributed by atoms with Gasteiger partial charge in [0, 0.05) is 10.7 Å². The number of hydrogen-bond acceptors (Lipinski definition) is 4. The lowest BCUT2D eigenvalue weighted by atomic mass is 9.84. The van der Waals surface area contributed by atoms with E-state index < -0.39 is 0 Å². The van der Waals surface area contributed by atoms with E-state index in [1.165, 1.54) is 37.7 Å². The molecule has 1 saturated carbocycles. The Kier molecular flexibility index (Phi) is 6.75.